The molecule has 1 saturated heterocycles. The molecular weight excluding hydrogens is 278 g/mol. The molecule has 20 heavy (non-hydrogen) atoms. The first-order chi connectivity index (χ1) is 9.49. The molecule has 2 aliphatic rings. The molecule has 0 amide bonds. The van der Waals surface area contributed by atoms with E-state index in [1.165, 1.54) is 25.7 Å². The quantitative estimate of drug-likeness (QED) is 0.786. The highest BCUT2D eigenvalue weighted by Gasteiger charge is 2.37. The molecule has 0 aromatic carbocycles. The second-order valence-electron chi connectivity index (χ2n) is 6.34. The SMILES string of the molecule is NS(=O)(=O)CC1(COC2CCCCCC2)CCOCC1. The molecule has 2 rings (SSSR count). The minimum Gasteiger partial charge on any atom is -0.381 e. The van der Waals surface area contributed by atoms with Crippen LogP contribution in [0.4, 0.5) is 0 Å². The summed E-state index contributed by atoms with van der Waals surface area (Å²) in [5.74, 6) is 0.01000. The zero-order chi connectivity index (χ0) is 14.5. The Labute approximate surface area is 122 Å². The van der Waals surface area contributed by atoms with Gasteiger partial charge in [-0.1, -0.05) is 25.7 Å². The van der Waals surface area contributed by atoms with Crippen molar-refractivity contribution in [3.63, 3.8) is 0 Å². The first-order valence-corrected chi connectivity index (χ1v) is 9.41. The summed E-state index contributed by atoms with van der Waals surface area (Å²) in [6, 6.07) is 0. The maximum absolute atomic E-state index is 11.5. The van der Waals surface area contributed by atoms with E-state index in [4.69, 9.17) is 14.6 Å². The molecule has 0 radical (unpaired) electrons. The van der Waals surface area contributed by atoms with Gasteiger partial charge in [-0.3, -0.25) is 0 Å². The van der Waals surface area contributed by atoms with Gasteiger partial charge in [0.15, 0.2) is 0 Å². The Morgan fingerprint density at radius 2 is 1.70 bits per heavy atom. The normalized spacial score (nSPS) is 25.2. The number of rotatable bonds is 5. The molecule has 0 aromatic heterocycles. The molecule has 6 heteroatoms. The van der Waals surface area contributed by atoms with Gasteiger partial charge in [0.25, 0.3) is 0 Å². The maximum atomic E-state index is 11.5. The molecule has 0 aromatic rings. The average molecular weight is 305 g/mol. The maximum Gasteiger partial charge on any atom is 0.209 e. The second kappa shape index (κ2) is 7.20. The van der Waals surface area contributed by atoms with E-state index < -0.39 is 10.0 Å². The van der Waals surface area contributed by atoms with E-state index in [1.54, 1.807) is 0 Å². The molecule has 0 bridgehead atoms. The molecule has 0 atom stereocenters. The van der Waals surface area contributed by atoms with Crippen molar-refractivity contribution in [3.05, 3.63) is 0 Å². The Hall–Kier alpha value is -0.170. The van der Waals surface area contributed by atoms with Crippen molar-refractivity contribution >= 4 is 10.0 Å². The molecule has 5 nitrogen and oxygen atoms in total. The van der Waals surface area contributed by atoms with Gasteiger partial charge in [-0.15, -0.1) is 0 Å². The minimum absolute atomic E-state index is 0.01000. The van der Waals surface area contributed by atoms with Crippen molar-refractivity contribution in [1.82, 2.24) is 0 Å². The molecule has 0 unspecified atom stereocenters. The zero-order valence-electron chi connectivity index (χ0n) is 12.2. The number of ether oxygens (including phenoxy) is 2. The largest absolute Gasteiger partial charge is 0.381 e. The molecule has 2 fully saturated rings. The lowest BCUT2D eigenvalue weighted by Gasteiger charge is -2.37. The molecule has 1 saturated carbocycles. The van der Waals surface area contributed by atoms with Crippen LogP contribution in [0.3, 0.4) is 0 Å². The number of sulfonamides is 1. The summed E-state index contributed by atoms with van der Waals surface area (Å²) in [5, 5.41) is 5.26. The molecule has 1 aliphatic carbocycles. The summed E-state index contributed by atoms with van der Waals surface area (Å²) in [5.41, 5.74) is -0.349. The van der Waals surface area contributed by atoms with Crippen molar-refractivity contribution in [2.75, 3.05) is 25.6 Å². The van der Waals surface area contributed by atoms with E-state index in [9.17, 15) is 8.42 Å². The van der Waals surface area contributed by atoms with Gasteiger partial charge in [-0.2, -0.15) is 0 Å². The Morgan fingerprint density at radius 1 is 1.10 bits per heavy atom. The van der Waals surface area contributed by atoms with Crippen molar-refractivity contribution < 1.29 is 17.9 Å². The smallest absolute Gasteiger partial charge is 0.209 e. The lowest BCUT2D eigenvalue weighted by Crippen LogP contribution is -2.42. The predicted molar refractivity (Wildman–Crippen MR) is 77.9 cm³/mol. The van der Waals surface area contributed by atoms with Crippen molar-refractivity contribution in [2.45, 2.75) is 57.5 Å². The fourth-order valence-electron chi connectivity index (χ4n) is 3.26. The van der Waals surface area contributed by atoms with Crippen LogP contribution in [-0.2, 0) is 19.5 Å². The van der Waals surface area contributed by atoms with Gasteiger partial charge in [0, 0.05) is 18.6 Å². The van der Waals surface area contributed by atoms with E-state index in [0.717, 1.165) is 25.7 Å². The first kappa shape index (κ1) is 16.2. The highest BCUT2D eigenvalue weighted by molar-refractivity contribution is 7.89. The average Bonchev–Trinajstić information content (AvgIpc) is 2.64. The summed E-state index contributed by atoms with van der Waals surface area (Å²) < 4.78 is 34.4. The molecule has 118 valence electrons. The molecule has 1 aliphatic heterocycles. The van der Waals surface area contributed by atoms with Crippen LogP contribution in [0.2, 0.25) is 0 Å². The Kier molecular flexibility index (Phi) is 5.84. The zero-order valence-corrected chi connectivity index (χ0v) is 13.0. The van der Waals surface area contributed by atoms with Crippen LogP contribution >= 0.6 is 0 Å². The van der Waals surface area contributed by atoms with Gasteiger partial charge in [0.1, 0.15) is 0 Å². The van der Waals surface area contributed by atoms with Crippen molar-refractivity contribution in [2.24, 2.45) is 10.6 Å². The number of nitrogens with two attached hydrogens (primary N) is 1. The van der Waals surface area contributed by atoms with E-state index in [1.807, 2.05) is 0 Å². The van der Waals surface area contributed by atoms with Crippen molar-refractivity contribution in [1.29, 1.82) is 0 Å². The van der Waals surface area contributed by atoms with Crippen LogP contribution in [0.5, 0.6) is 0 Å². The highest BCUT2D eigenvalue weighted by atomic mass is 32.2. The van der Waals surface area contributed by atoms with E-state index >= 15 is 0 Å². The van der Waals surface area contributed by atoms with Gasteiger partial charge in [0.2, 0.25) is 10.0 Å². The Bertz CT molecular complexity index is 382. The third-order valence-corrected chi connectivity index (χ3v) is 5.50. The van der Waals surface area contributed by atoms with Gasteiger partial charge in [-0.25, -0.2) is 13.6 Å². The first-order valence-electron chi connectivity index (χ1n) is 7.69. The summed E-state index contributed by atoms with van der Waals surface area (Å²) in [7, 11) is -3.48. The standard InChI is InChI=1S/C14H27NO4S/c15-20(16,17)12-14(7-9-18-10-8-14)11-19-13-5-3-1-2-4-6-13/h13H,1-12H2,(H2,15,16,17). The van der Waals surface area contributed by atoms with Gasteiger partial charge < -0.3 is 9.47 Å². The third-order valence-electron chi connectivity index (χ3n) is 4.49. The molecule has 0 spiro atoms. The number of hydrogen-bond donors (Lipinski definition) is 1. The summed E-state index contributed by atoms with van der Waals surface area (Å²) >= 11 is 0. The van der Waals surface area contributed by atoms with Crippen LogP contribution in [0.25, 0.3) is 0 Å². The Balaban J connectivity index is 1.93. The van der Waals surface area contributed by atoms with E-state index in [2.05, 4.69) is 0 Å². The number of hydrogen-bond acceptors (Lipinski definition) is 4. The van der Waals surface area contributed by atoms with Gasteiger partial charge in [0.05, 0.1) is 18.5 Å². The van der Waals surface area contributed by atoms with Gasteiger partial charge >= 0.3 is 0 Å². The third kappa shape index (κ3) is 5.31. The monoisotopic (exact) mass is 305 g/mol. The Morgan fingerprint density at radius 3 is 2.25 bits per heavy atom. The van der Waals surface area contributed by atoms with Crippen LogP contribution in [0, 0.1) is 5.41 Å². The lowest BCUT2D eigenvalue weighted by molar-refractivity contribution is -0.0562. The molecular formula is C14H27NO4S. The topological polar surface area (TPSA) is 78.6 Å². The summed E-state index contributed by atoms with van der Waals surface area (Å²) in [6.07, 6.45) is 8.94. The highest BCUT2D eigenvalue weighted by Crippen LogP contribution is 2.33. The minimum atomic E-state index is -3.48. The van der Waals surface area contributed by atoms with Gasteiger partial charge in [-0.05, 0) is 25.7 Å². The van der Waals surface area contributed by atoms with Crippen LogP contribution < -0.4 is 5.14 Å². The summed E-state index contributed by atoms with van der Waals surface area (Å²) in [6.45, 7) is 1.70. The molecule has 2 N–H and O–H groups in total. The molecule has 1 heterocycles. The van der Waals surface area contributed by atoms with E-state index in [0.29, 0.717) is 19.8 Å². The summed E-state index contributed by atoms with van der Waals surface area (Å²) in [4.78, 5) is 0. The predicted octanol–water partition coefficient (Wildman–Crippen LogP) is 1.81. The van der Waals surface area contributed by atoms with E-state index in [-0.39, 0.29) is 17.3 Å². The van der Waals surface area contributed by atoms with Crippen molar-refractivity contribution in [3.8, 4) is 0 Å². The fraction of sp³-hybridized carbons (Fsp3) is 1.00. The number of primary sulfonamides is 1. The fourth-order valence-corrected chi connectivity index (χ4v) is 4.49. The van der Waals surface area contributed by atoms with Crippen LogP contribution in [0.15, 0.2) is 0 Å². The second-order valence-corrected chi connectivity index (χ2v) is 7.96. The lowest BCUT2D eigenvalue weighted by atomic mass is 9.83. The van der Waals surface area contributed by atoms with Crippen LogP contribution in [0.1, 0.15) is 51.4 Å². The van der Waals surface area contributed by atoms with Crippen LogP contribution in [-0.4, -0.2) is 40.1 Å².